The van der Waals surface area contributed by atoms with Crippen molar-refractivity contribution >= 4 is 46.4 Å². The molecule has 1 aromatic carbocycles. The van der Waals surface area contributed by atoms with E-state index in [4.69, 9.17) is 16.3 Å². The number of thioether (sulfide) groups is 1. The average Bonchev–Trinajstić information content (AvgIpc) is 3.22. The van der Waals surface area contributed by atoms with E-state index in [9.17, 15) is 14.4 Å². The molecule has 1 aliphatic heterocycles. The Kier molecular flexibility index (Phi) is 6.66. The predicted molar refractivity (Wildman–Crippen MR) is 120 cm³/mol. The van der Waals surface area contributed by atoms with E-state index in [2.05, 4.69) is 15.1 Å². The van der Waals surface area contributed by atoms with Crippen LogP contribution >= 0.6 is 23.4 Å². The van der Waals surface area contributed by atoms with Gasteiger partial charge in [0.15, 0.2) is 10.8 Å². The maximum Gasteiger partial charge on any atom is 0.409 e. The van der Waals surface area contributed by atoms with Crippen molar-refractivity contribution in [1.29, 1.82) is 0 Å². The molecule has 3 heterocycles. The van der Waals surface area contributed by atoms with Crippen molar-refractivity contribution in [2.24, 2.45) is 0 Å². The van der Waals surface area contributed by atoms with Gasteiger partial charge < -0.3 is 19.5 Å². The third-order valence-corrected chi connectivity index (χ3v) is 6.05. The normalized spacial score (nSPS) is 14.1. The molecule has 2 amide bonds. The van der Waals surface area contributed by atoms with Gasteiger partial charge in [0.05, 0.1) is 24.2 Å². The van der Waals surface area contributed by atoms with E-state index in [-0.39, 0.29) is 23.3 Å². The van der Waals surface area contributed by atoms with Gasteiger partial charge in [0.1, 0.15) is 5.39 Å². The Morgan fingerprint density at radius 1 is 1.22 bits per heavy atom. The summed E-state index contributed by atoms with van der Waals surface area (Å²) in [7, 11) is 0. The molecule has 0 radical (unpaired) electrons. The van der Waals surface area contributed by atoms with Crippen molar-refractivity contribution < 1.29 is 14.3 Å². The summed E-state index contributed by atoms with van der Waals surface area (Å²) in [6, 6.07) is 7.07. The topological polar surface area (TPSA) is 113 Å². The van der Waals surface area contributed by atoms with Gasteiger partial charge in [-0.2, -0.15) is 5.10 Å². The second-order valence-corrected chi connectivity index (χ2v) is 8.40. The summed E-state index contributed by atoms with van der Waals surface area (Å²) in [5.74, 6) is 0.0173. The number of hydrogen-bond acceptors (Lipinski definition) is 7. The van der Waals surface area contributed by atoms with Gasteiger partial charge in [0.2, 0.25) is 5.91 Å². The molecule has 3 aromatic rings. The lowest BCUT2D eigenvalue weighted by molar-refractivity contribution is -0.129. The molecule has 1 fully saturated rings. The monoisotopic (exact) mass is 476 g/mol. The standard InChI is InChI=1S/C20H21ClN6O4S/c1-2-31-20(30)26-8-6-25(7-9-26)16(28)12-32-19-23-17-15(18(29)24-19)11-22-27(17)14-5-3-4-13(21)10-14/h3-5,10-11H,2,6-9,12H2,1H3,(H,23,24,29). The van der Waals surface area contributed by atoms with Crippen molar-refractivity contribution in [3.63, 3.8) is 0 Å². The highest BCUT2D eigenvalue weighted by Gasteiger charge is 2.25. The van der Waals surface area contributed by atoms with Crippen molar-refractivity contribution in [3.8, 4) is 5.69 Å². The van der Waals surface area contributed by atoms with Crippen LogP contribution in [0.2, 0.25) is 5.02 Å². The molecule has 10 nitrogen and oxygen atoms in total. The van der Waals surface area contributed by atoms with Crippen LogP contribution in [0.4, 0.5) is 4.79 Å². The molecule has 0 bridgehead atoms. The zero-order valence-electron chi connectivity index (χ0n) is 17.3. The molecule has 1 N–H and O–H groups in total. The zero-order valence-corrected chi connectivity index (χ0v) is 18.9. The second kappa shape index (κ2) is 9.61. The number of halogens is 1. The number of hydrogen-bond donors (Lipinski definition) is 1. The summed E-state index contributed by atoms with van der Waals surface area (Å²) in [5.41, 5.74) is 0.729. The Morgan fingerprint density at radius 2 is 1.97 bits per heavy atom. The molecule has 0 spiro atoms. The number of nitrogens with one attached hydrogen (secondary N) is 1. The highest BCUT2D eigenvalue weighted by Crippen LogP contribution is 2.20. The van der Waals surface area contributed by atoms with E-state index < -0.39 is 0 Å². The number of carbonyl (C=O) groups excluding carboxylic acids is 2. The highest BCUT2D eigenvalue weighted by molar-refractivity contribution is 7.99. The molecule has 1 saturated heterocycles. The Labute approximate surface area is 192 Å². The number of ether oxygens (including phenoxy) is 1. The molecule has 4 rings (SSSR count). The van der Waals surface area contributed by atoms with Gasteiger partial charge in [0, 0.05) is 31.2 Å². The van der Waals surface area contributed by atoms with Crippen LogP contribution < -0.4 is 5.56 Å². The molecule has 0 unspecified atom stereocenters. The SMILES string of the molecule is CCOC(=O)N1CCN(C(=O)CSc2nc3c(cnn3-c3cccc(Cl)c3)c(=O)[nH]2)CC1. The smallest absolute Gasteiger partial charge is 0.409 e. The molecular formula is C20H21ClN6O4S. The molecule has 0 aliphatic carbocycles. The number of H-pyrrole nitrogens is 1. The van der Waals surface area contributed by atoms with Gasteiger partial charge in [-0.1, -0.05) is 29.4 Å². The summed E-state index contributed by atoms with van der Waals surface area (Å²) in [5, 5.41) is 5.47. The number of benzene rings is 1. The van der Waals surface area contributed by atoms with E-state index >= 15 is 0 Å². The number of carbonyl (C=O) groups is 2. The van der Waals surface area contributed by atoms with Crippen molar-refractivity contribution in [3.05, 3.63) is 45.8 Å². The number of aromatic amines is 1. The third-order valence-electron chi connectivity index (χ3n) is 4.96. The first kappa shape index (κ1) is 22.2. The molecular weight excluding hydrogens is 456 g/mol. The lowest BCUT2D eigenvalue weighted by atomic mass is 10.3. The minimum absolute atomic E-state index is 0.0930. The van der Waals surface area contributed by atoms with E-state index in [1.165, 1.54) is 10.9 Å². The Morgan fingerprint density at radius 3 is 2.69 bits per heavy atom. The maximum absolute atomic E-state index is 12.6. The maximum atomic E-state index is 12.6. The first-order chi connectivity index (χ1) is 15.5. The third kappa shape index (κ3) is 4.73. The molecule has 168 valence electrons. The van der Waals surface area contributed by atoms with Crippen LogP contribution in [0.3, 0.4) is 0 Å². The summed E-state index contributed by atoms with van der Waals surface area (Å²) in [6.45, 7) is 3.79. The van der Waals surface area contributed by atoms with Crippen LogP contribution in [0.1, 0.15) is 6.92 Å². The fourth-order valence-corrected chi connectivity index (χ4v) is 4.28. The van der Waals surface area contributed by atoms with Crippen LogP contribution in [-0.2, 0) is 9.53 Å². The molecule has 1 aliphatic rings. The number of amides is 2. The van der Waals surface area contributed by atoms with Gasteiger partial charge in [-0.15, -0.1) is 0 Å². The molecule has 32 heavy (non-hydrogen) atoms. The summed E-state index contributed by atoms with van der Waals surface area (Å²) < 4.78 is 6.53. The molecule has 0 saturated carbocycles. The summed E-state index contributed by atoms with van der Waals surface area (Å²) in [6.07, 6.45) is 1.09. The van der Waals surface area contributed by atoms with E-state index in [1.54, 1.807) is 34.9 Å². The Bertz CT molecular complexity index is 1200. The quantitative estimate of drug-likeness (QED) is 0.443. The number of fused-ring (bicyclic) bond motifs is 1. The first-order valence-electron chi connectivity index (χ1n) is 10.0. The summed E-state index contributed by atoms with van der Waals surface area (Å²) in [4.78, 5) is 47.4. The van der Waals surface area contributed by atoms with E-state index in [0.29, 0.717) is 59.7 Å². The van der Waals surface area contributed by atoms with Gasteiger partial charge in [-0.05, 0) is 25.1 Å². The van der Waals surface area contributed by atoms with Crippen LogP contribution in [0.25, 0.3) is 16.7 Å². The van der Waals surface area contributed by atoms with Crippen molar-refractivity contribution in [2.75, 3.05) is 38.5 Å². The lowest BCUT2D eigenvalue weighted by Crippen LogP contribution is -2.51. The molecule has 12 heteroatoms. The predicted octanol–water partition coefficient (Wildman–Crippen LogP) is 2.16. The first-order valence-corrected chi connectivity index (χ1v) is 11.4. The molecule has 2 aromatic heterocycles. The van der Waals surface area contributed by atoms with Gasteiger partial charge >= 0.3 is 6.09 Å². The largest absolute Gasteiger partial charge is 0.450 e. The van der Waals surface area contributed by atoms with Crippen LogP contribution in [0.5, 0.6) is 0 Å². The van der Waals surface area contributed by atoms with Crippen LogP contribution in [0, 0.1) is 0 Å². The van der Waals surface area contributed by atoms with Gasteiger partial charge in [-0.25, -0.2) is 14.5 Å². The minimum atomic E-state index is -0.361. The highest BCUT2D eigenvalue weighted by atomic mass is 35.5. The number of aromatic nitrogens is 4. The van der Waals surface area contributed by atoms with Crippen LogP contribution in [-0.4, -0.2) is 80.1 Å². The Balaban J connectivity index is 1.44. The van der Waals surface area contributed by atoms with Crippen molar-refractivity contribution in [2.45, 2.75) is 12.1 Å². The van der Waals surface area contributed by atoms with Gasteiger partial charge in [-0.3, -0.25) is 9.59 Å². The van der Waals surface area contributed by atoms with Crippen LogP contribution in [0.15, 0.2) is 40.4 Å². The number of rotatable bonds is 5. The second-order valence-electron chi connectivity index (χ2n) is 7.00. The zero-order chi connectivity index (χ0) is 22.7. The summed E-state index contributed by atoms with van der Waals surface area (Å²) >= 11 is 7.22. The number of nitrogens with zero attached hydrogens (tertiary/aromatic N) is 5. The number of piperazine rings is 1. The fourth-order valence-electron chi connectivity index (χ4n) is 3.34. The van der Waals surface area contributed by atoms with E-state index in [0.717, 1.165) is 11.8 Å². The van der Waals surface area contributed by atoms with Crippen molar-refractivity contribution in [1.82, 2.24) is 29.5 Å². The van der Waals surface area contributed by atoms with Gasteiger partial charge in [0.25, 0.3) is 5.56 Å². The lowest BCUT2D eigenvalue weighted by Gasteiger charge is -2.34. The molecule has 0 atom stereocenters. The minimum Gasteiger partial charge on any atom is -0.450 e. The average molecular weight is 477 g/mol. The van der Waals surface area contributed by atoms with E-state index in [1.807, 2.05) is 6.07 Å². The fraction of sp³-hybridized carbons (Fsp3) is 0.350. The Hall–Kier alpha value is -3.05.